The van der Waals surface area contributed by atoms with E-state index in [9.17, 15) is 13.2 Å². The molecule has 0 atom stereocenters. The zero-order chi connectivity index (χ0) is 24.9. The first-order valence-electron chi connectivity index (χ1n) is 10.9. The van der Waals surface area contributed by atoms with E-state index in [2.05, 4.69) is 0 Å². The van der Waals surface area contributed by atoms with Crippen molar-refractivity contribution in [1.82, 2.24) is 0 Å². The van der Waals surface area contributed by atoms with E-state index in [1.54, 1.807) is 48.3 Å². The molecule has 0 bridgehead atoms. The minimum Gasteiger partial charge on any atom is -0.494 e. The Morgan fingerprint density at radius 2 is 1.44 bits per heavy atom. The maximum absolute atomic E-state index is 13.0. The van der Waals surface area contributed by atoms with Crippen molar-refractivity contribution < 1.29 is 22.7 Å². The highest BCUT2D eigenvalue weighted by Crippen LogP contribution is 2.26. The second-order valence-electron chi connectivity index (χ2n) is 7.90. The van der Waals surface area contributed by atoms with Gasteiger partial charge >= 0.3 is 0 Å². The summed E-state index contributed by atoms with van der Waals surface area (Å²) in [7, 11) is -0.526. The summed E-state index contributed by atoms with van der Waals surface area (Å²) in [6, 6.07) is 18.8. The van der Waals surface area contributed by atoms with Gasteiger partial charge in [-0.25, -0.2) is 8.42 Å². The summed E-state index contributed by atoms with van der Waals surface area (Å²) in [6.45, 7) is 6.17. The van der Waals surface area contributed by atoms with Gasteiger partial charge in [-0.15, -0.1) is 0 Å². The molecule has 0 aliphatic rings. The SMILES string of the molecule is CCOc1ccc(S(=O)(=O)N(C)c2ccc(OCC(=O)N(C)c3cc(C)ccc3C)cc2)cc1. The lowest BCUT2D eigenvalue weighted by Crippen LogP contribution is -2.31. The minimum atomic E-state index is -3.74. The quantitative estimate of drug-likeness (QED) is 0.447. The number of rotatable bonds is 9. The van der Waals surface area contributed by atoms with Crippen molar-refractivity contribution in [2.45, 2.75) is 25.7 Å². The van der Waals surface area contributed by atoms with Crippen LogP contribution in [0.4, 0.5) is 11.4 Å². The fourth-order valence-corrected chi connectivity index (χ4v) is 4.58. The molecule has 0 N–H and O–H groups in total. The lowest BCUT2D eigenvalue weighted by molar-refractivity contribution is -0.120. The third-order valence-corrected chi connectivity index (χ3v) is 7.26. The molecule has 0 aliphatic heterocycles. The maximum Gasteiger partial charge on any atom is 0.264 e. The van der Waals surface area contributed by atoms with Crippen LogP contribution in [0.15, 0.2) is 71.6 Å². The van der Waals surface area contributed by atoms with E-state index in [4.69, 9.17) is 9.47 Å². The first-order valence-corrected chi connectivity index (χ1v) is 12.4. The fourth-order valence-electron chi connectivity index (χ4n) is 3.38. The van der Waals surface area contributed by atoms with Crippen LogP contribution in [0.25, 0.3) is 0 Å². The lowest BCUT2D eigenvalue weighted by atomic mass is 10.1. The molecule has 0 aromatic heterocycles. The summed E-state index contributed by atoms with van der Waals surface area (Å²) >= 11 is 0. The Bertz CT molecular complexity index is 1240. The third-order valence-electron chi connectivity index (χ3n) is 5.46. The molecule has 0 fully saturated rings. The van der Waals surface area contributed by atoms with Crippen LogP contribution < -0.4 is 18.7 Å². The number of hydrogen-bond donors (Lipinski definition) is 0. The van der Waals surface area contributed by atoms with Crippen molar-refractivity contribution >= 4 is 27.3 Å². The number of amides is 1. The van der Waals surface area contributed by atoms with Crippen molar-refractivity contribution in [1.29, 1.82) is 0 Å². The van der Waals surface area contributed by atoms with Crippen LogP contribution in [0.1, 0.15) is 18.1 Å². The molecule has 3 aromatic rings. The molecule has 7 nitrogen and oxygen atoms in total. The number of benzene rings is 3. The fraction of sp³-hybridized carbons (Fsp3) is 0.269. The molecule has 180 valence electrons. The van der Waals surface area contributed by atoms with Crippen LogP contribution in [-0.2, 0) is 14.8 Å². The maximum atomic E-state index is 13.0. The predicted octanol–water partition coefficient (Wildman–Crippen LogP) is 4.57. The van der Waals surface area contributed by atoms with E-state index in [0.29, 0.717) is 23.8 Å². The molecular weight excluding hydrogens is 452 g/mol. The van der Waals surface area contributed by atoms with Crippen molar-refractivity contribution in [2.75, 3.05) is 36.5 Å². The number of hydrogen-bond acceptors (Lipinski definition) is 5. The van der Waals surface area contributed by atoms with Gasteiger partial charge in [-0.2, -0.15) is 0 Å². The highest BCUT2D eigenvalue weighted by atomic mass is 32.2. The molecule has 3 rings (SSSR count). The number of carbonyl (C=O) groups excluding carboxylic acids is 1. The lowest BCUT2D eigenvalue weighted by Gasteiger charge is -2.21. The minimum absolute atomic E-state index is 0.135. The Hall–Kier alpha value is -3.52. The van der Waals surface area contributed by atoms with Gasteiger partial charge in [-0.05, 0) is 86.5 Å². The molecule has 1 amide bonds. The van der Waals surface area contributed by atoms with Gasteiger partial charge in [-0.3, -0.25) is 9.10 Å². The Kier molecular flexibility index (Phi) is 7.83. The van der Waals surface area contributed by atoms with Crippen molar-refractivity contribution in [3.8, 4) is 11.5 Å². The second-order valence-corrected chi connectivity index (χ2v) is 9.87. The zero-order valence-corrected chi connectivity index (χ0v) is 20.9. The first-order chi connectivity index (χ1) is 16.1. The Balaban J connectivity index is 1.65. The van der Waals surface area contributed by atoms with Gasteiger partial charge in [0.25, 0.3) is 15.9 Å². The highest BCUT2D eigenvalue weighted by molar-refractivity contribution is 7.92. The smallest absolute Gasteiger partial charge is 0.264 e. The summed E-state index contributed by atoms with van der Waals surface area (Å²) in [5, 5.41) is 0. The molecule has 0 saturated heterocycles. The summed E-state index contributed by atoms with van der Waals surface area (Å²) in [6.07, 6.45) is 0. The number of likely N-dealkylation sites (N-methyl/N-ethyl adjacent to an activating group) is 1. The number of nitrogens with zero attached hydrogens (tertiary/aromatic N) is 2. The van der Waals surface area contributed by atoms with E-state index in [1.165, 1.54) is 23.5 Å². The van der Waals surface area contributed by atoms with Crippen LogP contribution in [0, 0.1) is 13.8 Å². The van der Waals surface area contributed by atoms with Crippen LogP contribution in [0.3, 0.4) is 0 Å². The van der Waals surface area contributed by atoms with Gasteiger partial charge in [0.15, 0.2) is 6.61 Å². The topological polar surface area (TPSA) is 76.1 Å². The summed E-state index contributed by atoms with van der Waals surface area (Å²) in [4.78, 5) is 14.4. The Morgan fingerprint density at radius 3 is 2.06 bits per heavy atom. The van der Waals surface area contributed by atoms with E-state index >= 15 is 0 Å². The standard InChI is InChI=1S/C26H30N2O5S/c1-6-32-22-13-15-24(16-14-22)34(30,31)28(5)21-9-11-23(12-10-21)33-18-26(29)27(4)25-17-19(2)7-8-20(25)3/h7-17H,6,18H2,1-5H3. The number of sulfonamides is 1. The first kappa shape index (κ1) is 25.1. The molecule has 0 aliphatic carbocycles. The number of aryl methyl sites for hydroxylation is 2. The molecule has 0 heterocycles. The Labute approximate surface area is 201 Å². The zero-order valence-electron chi connectivity index (χ0n) is 20.1. The van der Waals surface area contributed by atoms with Crippen LogP contribution in [-0.4, -0.2) is 41.6 Å². The number of carbonyl (C=O) groups is 1. The van der Waals surface area contributed by atoms with E-state index in [1.807, 2.05) is 39.0 Å². The molecule has 34 heavy (non-hydrogen) atoms. The van der Waals surface area contributed by atoms with Crippen molar-refractivity contribution in [3.63, 3.8) is 0 Å². The summed E-state index contributed by atoms with van der Waals surface area (Å²) < 4.78 is 38.2. The number of ether oxygens (including phenoxy) is 2. The van der Waals surface area contributed by atoms with E-state index in [-0.39, 0.29) is 17.4 Å². The largest absolute Gasteiger partial charge is 0.494 e. The van der Waals surface area contributed by atoms with E-state index in [0.717, 1.165) is 16.8 Å². The van der Waals surface area contributed by atoms with E-state index < -0.39 is 10.0 Å². The molecule has 0 saturated carbocycles. The molecule has 8 heteroatoms. The van der Waals surface area contributed by atoms with Gasteiger partial charge in [0, 0.05) is 19.8 Å². The molecule has 0 radical (unpaired) electrons. The molecule has 0 unspecified atom stereocenters. The summed E-state index contributed by atoms with van der Waals surface area (Å²) in [5.74, 6) is 0.898. The van der Waals surface area contributed by atoms with Gasteiger partial charge in [0.1, 0.15) is 11.5 Å². The van der Waals surface area contributed by atoms with Crippen LogP contribution in [0.5, 0.6) is 11.5 Å². The van der Waals surface area contributed by atoms with Crippen LogP contribution in [0.2, 0.25) is 0 Å². The van der Waals surface area contributed by atoms with Gasteiger partial charge in [0.2, 0.25) is 0 Å². The van der Waals surface area contributed by atoms with Crippen LogP contribution >= 0.6 is 0 Å². The number of anilines is 2. The predicted molar refractivity (Wildman–Crippen MR) is 134 cm³/mol. The average Bonchev–Trinajstić information content (AvgIpc) is 2.84. The Morgan fingerprint density at radius 1 is 0.853 bits per heavy atom. The van der Waals surface area contributed by atoms with Crippen molar-refractivity contribution in [3.05, 3.63) is 77.9 Å². The average molecular weight is 483 g/mol. The van der Waals surface area contributed by atoms with Gasteiger partial charge in [0.05, 0.1) is 17.2 Å². The normalized spacial score (nSPS) is 11.1. The molecule has 0 spiro atoms. The molecular formula is C26H30N2O5S. The summed E-state index contributed by atoms with van der Waals surface area (Å²) in [5.41, 5.74) is 3.38. The highest BCUT2D eigenvalue weighted by Gasteiger charge is 2.21. The van der Waals surface area contributed by atoms with Gasteiger partial charge < -0.3 is 14.4 Å². The monoisotopic (exact) mass is 482 g/mol. The third kappa shape index (κ3) is 5.69. The van der Waals surface area contributed by atoms with Gasteiger partial charge in [-0.1, -0.05) is 12.1 Å². The molecule has 3 aromatic carbocycles. The second kappa shape index (κ2) is 10.6. The van der Waals surface area contributed by atoms with Crippen molar-refractivity contribution in [2.24, 2.45) is 0 Å².